The largest absolute Gasteiger partial charge is 0.385 e. The molecule has 0 saturated heterocycles. The number of benzene rings is 1. The fourth-order valence-electron chi connectivity index (χ4n) is 1.94. The Morgan fingerprint density at radius 2 is 2.00 bits per heavy atom. The molecule has 2 rings (SSSR count). The first-order valence-corrected chi connectivity index (χ1v) is 5.85. The van der Waals surface area contributed by atoms with Crippen LogP contribution in [0.25, 0.3) is 0 Å². The van der Waals surface area contributed by atoms with E-state index < -0.39 is 5.60 Å². The summed E-state index contributed by atoms with van der Waals surface area (Å²) < 4.78 is 0. The van der Waals surface area contributed by atoms with Crippen LogP contribution in [0.4, 0.5) is 0 Å². The van der Waals surface area contributed by atoms with Gasteiger partial charge in [-0.2, -0.15) is 5.26 Å². The van der Waals surface area contributed by atoms with Crippen molar-refractivity contribution in [2.45, 2.75) is 38.2 Å². The molecule has 0 bridgehead atoms. The lowest BCUT2D eigenvalue weighted by Gasteiger charge is -2.23. The van der Waals surface area contributed by atoms with E-state index in [-0.39, 0.29) is 0 Å². The molecule has 0 aliphatic heterocycles. The Morgan fingerprint density at radius 1 is 1.38 bits per heavy atom. The third-order valence-electron chi connectivity index (χ3n) is 3.37. The first-order valence-electron chi connectivity index (χ1n) is 5.85. The summed E-state index contributed by atoms with van der Waals surface area (Å²) in [5, 5.41) is 19.0. The summed E-state index contributed by atoms with van der Waals surface area (Å²) >= 11 is 0. The predicted octanol–water partition coefficient (Wildman–Crippen LogP) is 2.96. The summed E-state index contributed by atoms with van der Waals surface area (Å²) in [6.07, 6.45) is 4.56. The molecule has 1 saturated carbocycles. The van der Waals surface area contributed by atoms with E-state index >= 15 is 0 Å². The first-order chi connectivity index (χ1) is 7.62. The third kappa shape index (κ3) is 2.62. The van der Waals surface area contributed by atoms with Gasteiger partial charge >= 0.3 is 0 Å². The van der Waals surface area contributed by atoms with Crippen molar-refractivity contribution < 1.29 is 5.11 Å². The second-order valence-electron chi connectivity index (χ2n) is 4.95. The van der Waals surface area contributed by atoms with E-state index in [1.807, 2.05) is 19.1 Å². The van der Waals surface area contributed by atoms with Gasteiger partial charge < -0.3 is 5.11 Å². The fourth-order valence-corrected chi connectivity index (χ4v) is 1.94. The van der Waals surface area contributed by atoms with Crippen molar-refractivity contribution in [3.63, 3.8) is 0 Å². The van der Waals surface area contributed by atoms with Crippen LogP contribution in [0.2, 0.25) is 0 Å². The van der Waals surface area contributed by atoms with Gasteiger partial charge in [-0.1, -0.05) is 25.0 Å². The van der Waals surface area contributed by atoms with E-state index in [2.05, 4.69) is 6.07 Å². The highest BCUT2D eigenvalue weighted by atomic mass is 16.3. The molecule has 1 fully saturated rings. The Bertz CT molecular complexity index is 396. The SMILES string of the molecule is CC(O)(CCC1CC1)c1ccc(C#N)cc1. The highest BCUT2D eigenvalue weighted by Gasteiger charge is 2.28. The Kier molecular flexibility index (Phi) is 2.98. The predicted molar refractivity (Wildman–Crippen MR) is 62.7 cm³/mol. The maximum Gasteiger partial charge on any atom is 0.0991 e. The van der Waals surface area contributed by atoms with Gasteiger partial charge in [-0.3, -0.25) is 0 Å². The zero-order valence-electron chi connectivity index (χ0n) is 9.61. The van der Waals surface area contributed by atoms with Crippen molar-refractivity contribution >= 4 is 0 Å². The normalized spacial score (nSPS) is 18.8. The van der Waals surface area contributed by atoms with E-state index in [0.29, 0.717) is 5.56 Å². The number of hydrogen-bond donors (Lipinski definition) is 1. The van der Waals surface area contributed by atoms with Crippen LogP contribution in [0.15, 0.2) is 24.3 Å². The summed E-state index contributed by atoms with van der Waals surface area (Å²) in [7, 11) is 0. The summed E-state index contributed by atoms with van der Waals surface area (Å²) in [5.41, 5.74) is 0.797. The molecule has 1 aromatic rings. The quantitative estimate of drug-likeness (QED) is 0.839. The molecule has 1 unspecified atom stereocenters. The number of nitrogens with zero attached hydrogens (tertiary/aromatic N) is 1. The topological polar surface area (TPSA) is 44.0 Å². The summed E-state index contributed by atoms with van der Waals surface area (Å²) in [6.45, 7) is 1.86. The number of aliphatic hydroxyl groups is 1. The Hall–Kier alpha value is -1.33. The molecule has 0 amide bonds. The zero-order chi connectivity index (χ0) is 11.6. The van der Waals surface area contributed by atoms with Crippen molar-refractivity contribution in [3.05, 3.63) is 35.4 Å². The van der Waals surface area contributed by atoms with Crippen LogP contribution < -0.4 is 0 Å². The van der Waals surface area contributed by atoms with Crippen LogP contribution in [0, 0.1) is 17.2 Å². The number of nitriles is 1. The van der Waals surface area contributed by atoms with E-state index in [4.69, 9.17) is 5.26 Å². The molecule has 0 spiro atoms. The lowest BCUT2D eigenvalue weighted by Crippen LogP contribution is -2.21. The summed E-state index contributed by atoms with van der Waals surface area (Å²) in [6, 6.07) is 9.32. The molecule has 16 heavy (non-hydrogen) atoms. The molecule has 1 N–H and O–H groups in total. The van der Waals surface area contributed by atoms with E-state index in [9.17, 15) is 5.11 Å². The Morgan fingerprint density at radius 3 is 2.50 bits per heavy atom. The lowest BCUT2D eigenvalue weighted by atomic mass is 9.90. The fraction of sp³-hybridized carbons (Fsp3) is 0.500. The van der Waals surface area contributed by atoms with Gasteiger partial charge in [-0.25, -0.2) is 0 Å². The number of rotatable bonds is 4. The molecule has 2 heteroatoms. The molecule has 2 nitrogen and oxygen atoms in total. The van der Waals surface area contributed by atoms with Crippen LogP contribution in [-0.4, -0.2) is 5.11 Å². The van der Waals surface area contributed by atoms with Gasteiger partial charge in [0.2, 0.25) is 0 Å². The van der Waals surface area contributed by atoms with Crippen molar-refractivity contribution in [3.8, 4) is 6.07 Å². The van der Waals surface area contributed by atoms with Crippen LogP contribution in [-0.2, 0) is 5.60 Å². The van der Waals surface area contributed by atoms with E-state index in [1.165, 1.54) is 12.8 Å². The van der Waals surface area contributed by atoms with Crippen LogP contribution >= 0.6 is 0 Å². The highest BCUT2D eigenvalue weighted by molar-refractivity contribution is 5.33. The first kappa shape index (κ1) is 11.2. The maximum atomic E-state index is 10.3. The molecule has 1 aliphatic rings. The number of hydrogen-bond acceptors (Lipinski definition) is 2. The van der Waals surface area contributed by atoms with Gasteiger partial charge in [-0.05, 0) is 43.4 Å². The third-order valence-corrected chi connectivity index (χ3v) is 3.37. The Balaban J connectivity index is 2.04. The minimum absolute atomic E-state index is 0.641. The average Bonchev–Trinajstić information content (AvgIpc) is 3.10. The summed E-state index contributed by atoms with van der Waals surface area (Å²) in [5.74, 6) is 0.838. The van der Waals surface area contributed by atoms with Gasteiger partial charge in [0.1, 0.15) is 0 Å². The second kappa shape index (κ2) is 4.27. The van der Waals surface area contributed by atoms with Gasteiger partial charge in [0, 0.05) is 0 Å². The van der Waals surface area contributed by atoms with Gasteiger partial charge in [0.15, 0.2) is 0 Å². The van der Waals surface area contributed by atoms with E-state index in [0.717, 1.165) is 24.3 Å². The molecule has 1 aliphatic carbocycles. The lowest BCUT2D eigenvalue weighted by molar-refractivity contribution is 0.0440. The molecular weight excluding hydrogens is 198 g/mol. The van der Waals surface area contributed by atoms with Crippen molar-refractivity contribution in [2.24, 2.45) is 5.92 Å². The van der Waals surface area contributed by atoms with Crippen LogP contribution in [0.1, 0.15) is 43.7 Å². The molecule has 0 radical (unpaired) electrons. The molecule has 0 heterocycles. The average molecular weight is 215 g/mol. The smallest absolute Gasteiger partial charge is 0.0991 e. The summed E-state index contributed by atoms with van der Waals surface area (Å²) in [4.78, 5) is 0. The van der Waals surface area contributed by atoms with Crippen molar-refractivity contribution in [1.29, 1.82) is 5.26 Å². The monoisotopic (exact) mass is 215 g/mol. The minimum atomic E-state index is -0.753. The zero-order valence-corrected chi connectivity index (χ0v) is 9.61. The van der Waals surface area contributed by atoms with Crippen molar-refractivity contribution in [2.75, 3.05) is 0 Å². The standard InChI is InChI=1S/C14H17NO/c1-14(16,9-8-11-2-3-11)13-6-4-12(10-15)5-7-13/h4-7,11,16H,2-3,8-9H2,1H3. The van der Waals surface area contributed by atoms with Gasteiger partial charge in [0.05, 0.1) is 17.2 Å². The van der Waals surface area contributed by atoms with Crippen molar-refractivity contribution in [1.82, 2.24) is 0 Å². The molecule has 1 aromatic carbocycles. The highest BCUT2D eigenvalue weighted by Crippen LogP contribution is 2.37. The Labute approximate surface area is 96.5 Å². The van der Waals surface area contributed by atoms with Gasteiger partial charge in [0.25, 0.3) is 0 Å². The van der Waals surface area contributed by atoms with Gasteiger partial charge in [-0.15, -0.1) is 0 Å². The van der Waals surface area contributed by atoms with Crippen LogP contribution in [0.3, 0.4) is 0 Å². The molecule has 84 valence electrons. The molecule has 1 atom stereocenters. The van der Waals surface area contributed by atoms with E-state index in [1.54, 1.807) is 12.1 Å². The molecule has 0 aromatic heterocycles. The second-order valence-corrected chi connectivity index (χ2v) is 4.95. The van der Waals surface area contributed by atoms with Crippen LogP contribution in [0.5, 0.6) is 0 Å². The maximum absolute atomic E-state index is 10.3. The minimum Gasteiger partial charge on any atom is -0.385 e. The molecular formula is C14H17NO.